The third-order valence-electron chi connectivity index (χ3n) is 5.08. The number of carbonyl (C=O) groups is 1. The molecule has 8 heteroatoms. The lowest BCUT2D eigenvalue weighted by molar-refractivity contribution is 0.0996. The molecule has 0 saturated carbocycles. The summed E-state index contributed by atoms with van der Waals surface area (Å²) in [7, 11) is 0. The molecule has 158 valence electrons. The minimum Gasteiger partial charge on any atom is -0.459 e. The Balaban J connectivity index is 1.42. The summed E-state index contributed by atoms with van der Waals surface area (Å²) < 4.78 is 7.02. The molecule has 5 rings (SSSR count). The maximum atomic E-state index is 12.3. The monoisotopic (exact) mass is 424 g/mol. The minimum absolute atomic E-state index is 0.0504. The lowest BCUT2D eigenvalue weighted by Gasteiger charge is -2.14. The average molecular weight is 424 g/mol. The minimum atomic E-state index is -0.316. The third kappa shape index (κ3) is 3.93. The van der Waals surface area contributed by atoms with Gasteiger partial charge in [-0.25, -0.2) is 9.97 Å². The van der Waals surface area contributed by atoms with Crippen molar-refractivity contribution in [2.45, 2.75) is 13.0 Å². The Morgan fingerprint density at radius 1 is 1.03 bits per heavy atom. The Morgan fingerprint density at radius 2 is 1.91 bits per heavy atom. The van der Waals surface area contributed by atoms with E-state index in [0.717, 1.165) is 16.6 Å². The lowest BCUT2D eigenvalue weighted by atomic mass is 10.1. The summed E-state index contributed by atoms with van der Waals surface area (Å²) >= 11 is 0. The smallest absolute Gasteiger partial charge is 0.291 e. The van der Waals surface area contributed by atoms with E-state index >= 15 is 0 Å². The molecule has 2 N–H and O–H groups in total. The molecule has 1 amide bonds. The Hall–Kier alpha value is -4.46. The van der Waals surface area contributed by atoms with Gasteiger partial charge in [-0.05, 0) is 48.9 Å². The maximum Gasteiger partial charge on any atom is 0.291 e. The molecule has 0 fully saturated rings. The van der Waals surface area contributed by atoms with Gasteiger partial charge >= 0.3 is 0 Å². The molecule has 2 aromatic carbocycles. The van der Waals surface area contributed by atoms with Gasteiger partial charge in [-0.3, -0.25) is 9.36 Å². The molecule has 0 bridgehead atoms. The predicted molar refractivity (Wildman–Crippen MR) is 122 cm³/mol. The van der Waals surface area contributed by atoms with Crippen LogP contribution in [0.15, 0.2) is 89.9 Å². The average Bonchev–Trinajstić information content (AvgIpc) is 3.50. The first-order valence-corrected chi connectivity index (χ1v) is 10.1. The van der Waals surface area contributed by atoms with Crippen LogP contribution < -0.4 is 10.6 Å². The van der Waals surface area contributed by atoms with Crippen molar-refractivity contribution in [3.05, 3.63) is 96.8 Å². The zero-order valence-electron chi connectivity index (χ0n) is 17.3. The predicted octanol–water partition coefficient (Wildman–Crippen LogP) is 4.83. The maximum absolute atomic E-state index is 12.3. The first kappa shape index (κ1) is 19.5. The second kappa shape index (κ2) is 8.35. The van der Waals surface area contributed by atoms with Crippen molar-refractivity contribution in [2.24, 2.45) is 0 Å². The number of fused-ring (bicyclic) bond motifs is 1. The molecule has 0 spiro atoms. The highest BCUT2D eigenvalue weighted by atomic mass is 16.3. The van der Waals surface area contributed by atoms with Crippen LogP contribution >= 0.6 is 0 Å². The normalized spacial score (nSPS) is 11.9. The zero-order valence-corrected chi connectivity index (χ0v) is 17.3. The molecule has 3 heterocycles. The molecule has 5 aromatic rings. The Morgan fingerprint density at radius 3 is 2.72 bits per heavy atom. The highest BCUT2D eigenvalue weighted by Gasteiger charge is 2.13. The second-order valence-electron chi connectivity index (χ2n) is 7.26. The summed E-state index contributed by atoms with van der Waals surface area (Å²) in [6, 6.07) is 20.8. The summed E-state index contributed by atoms with van der Waals surface area (Å²) in [5.74, 6) is 1.12. The number of carbonyl (C=O) groups excluding carboxylic acids is 1. The van der Waals surface area contributed by atoms with Crippen LogP contribution in [0.25, 0.3) is 16.9 Å². The first-order valence-electron chi connectivity index (χ1n) is 10.1. The van der Waals surface area contributed by atoms with Crippen LogP contribution in [0.4, 0.5) is 11.6 Å². The van der Waals surface area contributed by atoms with Gasteiger partial charge in [0.2, 0.25) is 5.95 Å². The van der Waals surface area contributed by atoms with Crippen molar-refractivity contribution in [2.75, 3.05) is 10.6 Å². The van der Waals surface area contributed by atoms with Crippen LogP contribution in [0.2, 0.25) is 0 Å². The van der Waals surface area contributed by atoms with Gasteiger partial charge < -0.3 is 15.1 Å². The number of hydrogen-bond acceptors (Lipinski definition) is 6. The number of rotatable bonds is 6. The lowest BCUT2D eigenvalue weighted by Crippen LogP contribution is -2.11. The fourth-order valence-electron chi connectivity index (χ4n) is 3.44. The van der Waals surface area contributed by atoms with Crippen molar-refractivity contribution in [3.63, 3.8) is 0 Å². The molecule has 0 aliphatic heterocycles. The van der Waals surface area contributed by atoms with E-state index in [1.807, 2.05) is 41.0 Å². The fourth-order valence-corrected chi connectivity index (χ4v) is 3.44. The van der Waals surface area contributed by atoms with Crippen LogP contribution in [0.1, 0.15) is 29.1 Å². The van der Waals surface area contributed by atoms with Crippen LogP contribution in [0.5, 0.6) is 0 Å². The van der Waals surface area contributed by atoms with E-state index in [9.17, 15) is 4.79 Å². The van der Waals surface area contributed by atoms with E-state index < -0.39 is 0 Å². The van der Waals surface area contributed by atoms with Gasteiger partial charge in [0.15, 0.2) is 5.76 Å². The van der Waals surface area contributed by atoms with Crippen LogP contribution in [-0.2, 0) is 0 Å². The molecule has 0 radical (unpaired) electrons. The number of amides is 1. The number of nitrogens with zero attached hydrogens (tertiary/aromatic N) is 4. The number of furan rings is 1. The number of hydrogen-bond donors (Lipinski definition) is 2. The van der Waals surface area contributed by atoms with E-state index in [1.165, 1.54) is 6.26 Å². The number of aromatic nitrogens is 4. The molecule has 8 nitrogen and oxygen atoms in total. The molecule has 3 aromatic heterocycles. The fraction of sp³-hybridized carbons (Fsp3) is 0.0833. The summed E-state index contributed by atoms with van der Waals surface area (Å²) in [6.45, 7) is 2.06. The van der Waals surface area contributed by atoms with E-state index in [-0.39, 0.29) is 17.7 Å². The van der Waals surface area contributed by atoms with Crippen LogP contribution in [0, 0.1) is 0 Å². The summed E-state index contributed by atoms with van der Waals surface area (Å²) in [4.78, 5) is 25.8. The Bertz CT molecular complexity index is 1360. The standard InChI is InChI=1S/C24H20N6O2/c1-16(17-6-3-2-4-7-17)27-24-25-12-11-22(29-24)30-15-26-19-10-9-18(14-20(19)30)28-23(31)21-8-5-13-32-21/h2-16H,1H3,(H,28,31)(H,25,27,29). The first-order chi connectivity index (χ1) is 15.7. The molecular formula is C24H20N6O2. The van der Waals surface area contributed by atoms with Crippen molar-refractivity contribution in [1.82, 2.24) is 19.5 Å². The molecular weight excluding hydrogens is 404 g/mol. The SMILES string of the molecule is CC(Nc1nccc(-n2cnc3ccc(NC(=O)c4ccco4)cc32)n1)c1ccccc1. The Kier molecular flexibility index (Phi) is 5.09. The van der Waals surface area contributed by atoms with E-state index in [0.29, 0.717) is 17.5 Å². The van der Waals surface area contributed by atoms with Gasteiger partial charge in [0.05, 0.1) is 23.3 Å². The molecule has 32 heavy (non-hydrogen) atoms. The highest BCUT2D eigenvalue weighted by molar-refractivity contribution is 6.03. The van der Waals surface area contributed by atoms with Gasteiger partial charge in [-0.15, -0.1) is 0 Å². The largest absolute Gasteiger partial charge is 0.459 e. The molecule has 0 aliphatic carbocycles. The molecule has 0 aliphatic rings. The number of anilines is 2. The van der Waals surface area contributed by atoms with Gasteiger partial charge in [0.1, 0.15) is 12.1 Å². The van der Waals surface area contributed by atoms with Crippen molar-refractivity contribution in [1.29, 1.82) is 0 Å². The number of imidazole rings is 1. The molecule has 0 saturated heterocycles. The number of nitrogens with one attached hydrogen (secondary N) is 2. The van der Waals surface area contributed by atoms with Gasteiger partial charge in [0, 0.05) is 11.9 Å². The van der Waals surface area contributed by atoms with E-state index in [1.54, 1.807) is 30.7 Å². The van der Waals surface area contributed by atoms with E-state index in [2.05, 4.69) is 44.6 Å². The van der Waals surface area contributed by atoms with Gasteiger partial charge in [-0.1, -0.05) is 30.3 Å². The summed E-state index contributed by atoms with van der Waals surface area (Å²) in [5, 5.41) is 6.18. The van der Waals surface area contributed by atoms with Gasteiger partial charge in [-0.2, -0.15) is 4.98 Å². The highest BCUT2D eigenvalue weighted by Crippen LogP contribution is 2.23. The summed E-state index contributed by atoms with van der Waals surface area (Å²) in [5.41, 5.74) is 3.37. The quantitative estimate of drug-likeness (QED) is 0.405. The molecule has 1 unspecified atom stereocenters. The third-order valence-corrected chi connectivity index (χ3v) is 5.08. The summed E-state index contributed by atoms with van der Waals surface area (Å²) in [6.07, 6.45) is 4.87. The Labute approximate surface area is 184 Å². The number of benzene rings is 2. The van der Waals surface area contributed by atoms with Crippen LogP contribution in [0.3, 0.4) is 0 Å². The van der Waals surface area contributed by atoms with Crippen molar-refractivity contribution >= 4 is 28.6 Å². The zero-order chi connectivity index (χ0) is 21.9. The molecule has 1 atom stereocenters. The topological polar surface area (TPSA) is 97.9 Å². The van der Waals surface area contributed by atoms with Crippen LogP contribution in [-0.4, -0.2) is 25.4 Å². The van der Waals surface area contributed by atoms with Crippen molar-refractivity contribution < 1.29 is 9.21 Å². The van der Waals surface area contributed by atoms with Crippen molar-refractivity contribution in [3.8, 4) is 5.82 Å². The van der Waals surface area contributed by atoms with Gasteiger partial charge in [0.25, 0.3) is 5.91 Å². The van der Waals surface area contributed by atoms with E-state index in [4.69, 9.17) is 4.42 Å². The second-order valence-corrected chi connectivity index (χ2v) is 7.26.